The first-order chi connectivity index (χ1) is 17.6. The zero-order valence-electron chi connectivity index (χ0n) is 21.4. The highest BCUT2D eigenvalue weighted by Crippen LogP contribution is 2.34. The third-order valence-corrected chi connectivity index (χ3v) is 5.97. The van der Waals surface area contributed by atoms with E-state index in [1.165, 1.54) is 12.1 Å². The van der Waals surface area contributed by atoms with Gasteiger partial charge in [0.05, 0.1) is 18.8 Å². The summed E-state index contributed by atoms with van der Waals surface area (Å²) < 4.78 is 50.4. The molecule has 0 saturated carbocycles. The number of hydrogen-bond acceptors (Lipinski definition) is 4. The smallest absolute Gasteiger partial charge is 0.416 e. The maximum atomic E-state index is 13.0. The van der Waals surface area contributed by atoms with Crippen LogP contribution in [0.1, 0.15) is 54.6 Å². The maximum Gasteiger partial charge on any atom is 0.416 e. The number of ether oxygens (including phenoxy) is 2. The number of nitrogens with one attached hydrogen (secondary N) is 2. The largest absolute Gasteiger partial charge is 0.493 e. The van der Waals surface area contributed by atoms with Gasteiger partial charge in [0.2, 0.25) is 5.91 Å². The Kier molecular flexibility index (Phi) is 9.58. The summed E-state index contributed by atoms with van der Waals surface area (Å²) in [5.41, 5.74) is 1.75. The van der Waals surface area contributed by atoms with E-state index in [0.29, 0.717) is 24.3 Å². The molecule has 2 N–H and O–H groups in total. The average Bonchev–Trinajstić information content (AvgIpc) is 2.88. The van der Waals surface area contributed by atoms with Crippen molar-refractivity contribution < 1.29 is 27.4 Å². The second kappa shape index (κ2) is 12.6. The van der Waals surface area contributed by atoms with Gasteiger partial charge >= 0.3 is 6.18 Å². The van der Waals surface area contributed by atoms with Crippen molar-refractivity contribution >= 4 is 5.91 Å². The lowest BCUT2D eigenvalue weighted by Gasteiger charge is -2.27. The molecule has 0 spiro atoms. The number of amides is 1. The molecular formula is C29H33F3N2O3. The van der Waals surface area contributed by atoms with E-state index in [4.69, 9.17) is 9.47 Å². The van der Waals surface area contributed by atoms with Crippen molar-refractivity contribution in [3.8, 4) is 11.5 Å². The minimum Gasteiger partial charge on any atom is -0.493 e. The van der Waals surface area contributed by atoms with Gasteiger partial charge in [-0.15, -0.1) is 0 Å². The lowest BCUT2D eigenvalue weighted by atomic mass is 9.95. The molecule has 3 aromatic rings. The number of methoxy groups -OCH3 is 1. The Labute approximate surface area is 216 Å². The van der Waals surface area contributed by atoms with Crippen molar-refractivity contribution in [2.75, 3.05) is 14.2 Å². The first-order valence-electron chi connectivity index (χ1n) is 12.2. The normalized spacial score (nSPS) is 13.2. The van der Waals surface area contributed by atoms with Crippen LogP contribution in [0.4, 0.5) is 13.2 Å². The summed E-state index contributed by atoms with van der Waals surface area (Å²) >= 11 is 0. The predicted octanol–water partition coefficient (Wildman–Crippen LogP) is 6.25. The van der Waals surface area contributed by atoms with Crippen LogP contribution in [0.25, 0.3) is 0 Å². The molecule has 2 atom stereocenters. The van der Waals surface area contributed by atoms with E-state index in [9.17, 15) is 18.0 Å². The first kappa shape index (κ1) is 28.1. The van der Waals surface area contributed by atoms with Crippen LogP contribution in [0.2, 0.25) is 0 Å². The van der Waals surface area contributed by atoms with Crippen LogP contribution < -0.4 is 20.1 Å². The molecule has 0 heterocycles. The molecule has 0 aliphatic heterocycles. The summed E-state index contributed by atoms with van der Waals surface area (Å²) in [6, 6.07) is 19.2. The number of likely N-dealkylation sites (N-methyl/N-ethyl adjacent to an activating group) is 1. The number of carbonyl (C=O) groups is 1. The van der Waals surface area contributed by atoms with Gasteiger partial charge in [-0.3, -0.25) is 10.1 Å². The molecule has 0 fully saturated rings. The molecule has 5 nitrogen and oxygen atoms in total. The van der Waals surface area contributed by atoms with Gasteiger partial charge in [-0.2, -0.15) is 13.2 Å². The first-order valence-corrected chi connectivity index (χ1v) is 12.2. The van der Waals surface area contributed by atoms with Gasteiger partial charge in [-0.1, -0.05) is 48.5 Å². The molecule has 1 unspecified atom stereocenters. The fourth-order valence-electron chi connectivity index (χ4n) is 4.08. The van der Waals surface area contributed by atoms with Crippen LogP contribution in [0.15, 0.2) is 72.8 Å². The minimum absolute atomic E-state index is 0.0379. The van der Waals surface area contributed by atoms with E-state index in [0.717, 1.165) is 28.8 Å². The quantitative estimate of drug-likeness (QED) is 0.318. The summed E-state index contributed by atoms with van der Waals surface area (Å²) in [5, 5.41) is 6.18. The van der Waals surface area contributed by atoms with Crippen molar-refractivity contribution in [1.29, 1.82) is 0 Å². The van der Waals surface area contributed by atoms with E-state index in [2.05, 4.69) is 10.6 Å². The van der Waals surface area contributed by atoms with E-state index in [1.807, 2.05) is 62.4 Å². The number of halogens is 3. The van der Waals surface area contributed by atoms with E-state index >= 15 is 0 Å². The third-order valence-electron chi connectivity index (χ3n) is 5.97. The number of alkyl halides is 3. The molecule has 0 saturated heterocycles. The van der Waals surface area contributed by atoms with E-state index < -0.39 is 17.8 Å². The van der Waals surface area contributed by atoms with Gasteiger partial charge in [-0.05, 0) is 67.6 Å². The van der Waals surface area contributed by atoms with Crippen molar-refractivity contribution in [2.24, 2.45) is 0 Å². The van der Waals surface area contributed by atoms with Crippen molar-refractivity contribution in [1.82, 2.24) is 10.6 Å². The molecular weight excluding hydrogens is 481 g/mol. The zero-order valence-corrected chi connectivity index (χ0v) is 21.4. The Morgan fingerprint density at radius 2 is 1.59 bits per heavy atom. The summed E-state index contributed by atoms with van der Waals surface area (Å²) in [6.07, 6.45) is -3.39. The molecule has 0 aliphatic carbocycles. The number of aryl methyl sites for hydroxylation is 1. The zero-order chi connectivity index (χ0) is 27.0. The molecule has 1 amide bonds. The molecule has 198 valence electrons. The number of benzene rings is 3. The van der Waals surface area contributed by atoms with Gasteiger partial charge < -0.3 is 14.8 Å². The summed E-state index contributed by atoms with van der Waals surface area (Å²) in [7, 11) is 3.15. The molecule has 0 aliphatic rings. The second-order valence-corrected chi connectivity index (χ2v) is 8.99. The highest BCUT2D eigenvalue weighted by molar-refractivity contribution is 5.83. The lowest BCUT2D eigenvalue weighted by Crippen LogP contribution is -2.38. The summed E-state index contributed by atoms with van der Waals surface area (Å²) in [6.45, 7) is 3.85. The highest BCUT2D eigenvalue weighted by Gasteiger charge is 2.30. The molecule has 37 heavy (non-hydrogen) atoms. The summed E-state index contributed by atoms with van der Waals surface area (Å²) in [5.74, 6) is 0.967. The van der Waals surface area contributed by atoms with Crippen LogP contribution in [0.3, 0.4) is 0 Å². The fourth-order valence-corrected chi connectivity index (χ4v) is 4.08. The van der Waals surface area contributed by atoms with Crippen molar-refractivity contribution in [2.45, 2.75) is 51.1 Å². The van der Waals surface area contributed by atoms with Crippen molar-refractivity contribution in [3.05, 3.63) is 95.1 Å². The van der Waals surface area contributed by atoms with Crippen LogP contribution in [0, 0.1) is 0 Å². The lowest BCUT2D eigenvalue weighted by molar-refractivity contribution is -0.137. The van der Waals surface area contributed by atoms with Gasteiger partial charge in [0.15, 0.2) is 11.5 Å². The number of rotatable bonds is 11. The van der Waals surface area contributed by atoms with Crippen LogP contribution in [-0.2, 0) is 17.4 Å². The second-order valence-electron chi connectivity index (χ2n) is 8.99. The molecule has 0 bridgehead atoms. The molecule has 3 rings (SSSR count). The Morgan fingerprint density at radius 3 is 2.16 bits per heavy atom. The minimum atomic E-state index is -4.38. The average molecular weight is 515 g/mol. The molecule has 8 heteroatoms. The van der Waals surface area contributed by atoms with Gasteiger partial charge in [-0.25, -0.2) is 0 Å². The molecule has 3 aromatic carbocycles. The third kappa shape index (κ3) is 7.73. The SMILES string of the molecule is CNC(=O)C(N[C@@H](CCc1ccc(C(F)(F)F)cc1)c1ccc(OC(C)C)c(OC)c1)c1ccccc1. The van der Waals surface area contributed by atoms with Crippen LogP contribution in [0.5, 0.6) is 11.5 Å². The Bertz CT molecular complexity index is 1150. The molecule has 0 radical (unpaired) electrons. The Morgan fingerprint density at radius 1 is 0.919 bits per heavy atom. The predicted molar refractivity (Wildman–Crippen MR) is 138 cm³/mol. The van der Waals surface area contributed by atoms with Gasteiger partial charge in [0.25, 0.3) is 0 Å². The topological polar surface area (TPSA) is 59.6 Å². The van der Waals surface area contributed by atoms with Crippen LogP contribution in [-0.4, -0.2) is 26.2 Å². The van der Waals surface area contributed by atoms with Gasteiger partial charge in [0, 0.05) is 13.1 Å². The van der Waals surface area contributed by atoms with E-state index in [-0.39, 0.29) is 18.1 Å². The van der Waals surface area contributed by atoms with Crippen molar-refractivity contribution in [3.63, 3.8) is 0 Å². The maximum absolute atomic E-state index is 13.0. The van der Waals surface area contributed by atoms with E-state index in [1.54, 1.807) is 14.2 Å². The molecule has 0 aromatic heterocycles. The standard InChI is InChI=1S/C29H33F3N2O3/c1-19(2)37-25-17-13-22(18-26(25)36-4)24(16-12-20-10-14-23(15-11-20)29(30,31)32)34-27(28(35)33-3)21-8-6-5-7-9-21/h5-11,13-15,17-19,24,27,34H,12,16H2,1-4H3,(H,33,35)/t24-,27?/m0/s1. The fraction of sp³-hybridized carbons (Fsp3) is 0.345. The van der Waals surface area contributed by atoms with Crippen LogP contribution >= 0.6 is 0 Å². The number of hydrogen-bond donors (Lipinski definition) is 2. The Balaban J connectivity index is 1.93. The van der Waals surface area contributed by atoms with Gasteiger partial charge in [0.1, 0.15) is 6.04 Å². The highest BCUT2D eigenvalue weighted by atomic mass is 19.4. The number of carbonyl (C=O) groups excluding carboxylic acids is 1. The summed E-state index contributed by atoms with van der Waals surface area (Å²) in [4.78, 5) is 12.9. The Hall–Kier alpha value is -3.52. The monoisotopic (exact) mass is 514 g/mol.